The lowest BCUT2D eigenvalue weighted by atomic mass is 10.1. The second-order valence-corrected chi connectivity index (χ2v) is 7.20. The number of benzene rings is 1. The molecule has 1 saturated heterocycles. The van der Waals surface area contributed by atoms with E-state index in [0.717, 1.165) is 37.3 Å². The zero-order chi connectivity index (χ0) is 19.4. The van der Waals surface area contributed by atoms with E-state index in [2.05, 4.69) is 16.0 Å². The molecular weight excluding hydrogens is 370 g/mol. The highest BCUT2D eigenvalue weighted by atomic mass is 32.1. The highest BCUT2D eigenvalue weighted by Gasteiger charge is 2.22. The van der Waals surface area contributed by atoms with Crippen molar-refractivity contribution in [2.75, 3.05) is 18.4 Å². The first-order valence-electron chi connectivity index (χ1n) is 8.40. The van der Waals surface area contributed by atoms with Crippen LogP contribution >= 0.6 is 11.3 Å². The number of non-ortho nitro benzene ring substituents is 1. The molecule has 3 rings (SSSR count). The Labute approximate surface area is 159 Å². The maximum atomic E-state index is 12.7. The lowest BCUT2D eigenvalue weighted by molar-refractivity contribution is -0.384. The van der Waals surface area contributed by atoms with Crippen molar-refractivity contribution >= 4 is 34.0 Å². The molecule has 2 aromatic rings. The van der Waals surface area contributed by atoms with Crippen molar-refractivity contribution in [3.05, 3.63) is 46.0 Å². The standard InChI is InChI=1S/C17H19N5O4S/c18-17(24)21-16-13(15(23)20-11-4-6-19-7-5-11)9-14(27-16)10-2-1-3-12(8-10)22(25)26/h1-3,8-9,11,19H,4-7H2,(H,20,23)(H3,18,21,24). The number of nitrogens with zero attached hydrogens (tertiary/aromatic N) is 1. The van der Waals surface area contributed by atoms with Gasteiger partial charge in [0, 0.05) is 23.1 Å². The number of anilines is 1. The van der Waals surface area contributed by atoms with E-state index >= 15 is 0 Å². The molecule has 9 nitrogen and oxygen atoms in total. The number of rotatable bonds is 5. The van der Waals surface area contributed by atoms with Crippen LogP contribution in [0, 0.1) is 10.1 Å². The Morgan fingerprint density at radius 2 is 2.00 bits per heavy atom. The number of nitrogens with one attached hydrogen (secondary N) is 3. The fourth-order valence-corrected chi connectivity index (χ4v) is 3.96. The Bertz CT molecular complexity index is 876. The van der Waals surface area contributed by atoms with E-state index in [1.54, 1.807) is 18.2 Å². The summed E-state index contributed by atoms with van der Waals surface area (Å²) < 4.78 is 0. The Morgan fingerprint density at radius 3 is 2.67 bits per heavy atom. The van der Waals surface area contributed by atoms with E-state index < -0.39 is 11.0 Å². The number of urea groups is 1. The van der Waals surface area contributed by atoms with Crippen LogP contribution in [0.3, 0.4) is 0 Å². The van der Waals surface area contributed by atoms with Crippen LogP contribution in [-0.2, 0) is 0 Å². The molecule has 3 amide bonds. The quantitative estimate of drug-likeness (QED) is 0.459. The maximum Gasteiger partial charge on any atom is 0.317 e. The van der Waals surface area contributed by atoms with Crippen molar-refractivity contribution in [3.63, 3.8) is 0 Å². The number of thiophene rings is 1. The molecule has 0 atom stereocenters. The van der Waals surface area contributed by atoms with Crippen molar-refractivity contribution in [1.82, 2.24) is 10.6 Å². The number of hydrogen-bond donors (Lipinski definition) is 4. The lowest BCUT2D eigenvalue weighted by Crippen LogP contribution is -2.42. The Hall–Kier alpha value is -2.98. The molecule has 0 saturated carbocycles. The molecule has 1 aliphatic rings. The predicted molar refractivity (Wildman–Crippen MR) is 103 cm³/mol. The summed E-state index contributed by atoms with van der Waals surface area (Å²) in [5.41, 5.74) is 6.04. The minimum atomic E-state index is -0.779. The first-order valence-corrected chi connectivity index (χ1v) is 9.22. The molecule has 1 fully saturated rings. The second kappa shape index (κ2) is 8.14. The Kier molecular flexibility index (Phi) is 5.67. The van der Waals surface area contributed by atoms with Crippen LogP contribution in [0.15, 0.2) is 30.3 Å². The van der Waals surface area contributed by atoms with E-state index in [0.29, 0.717) is 21.0 Å². The van der Waals surface area contributed by atoms with Gasteiger partial charge in [-0.05, 0) is 37.6 Å². The summed E-state index contributed by atoms with van der Waals surface area (Å²) >= 11 is 1.14. The summed E-state index contributed by atoms with van der Waals surface area (Å²) in [7, 11) is 0. The third-order valence-corrected chi connectivity index (χ3v) is 5.33. The molecule has 27 heavy (non-hydrogen) atoms. The molecule has 0 radical (unpaired) electrons. The largest absolute Gasteiger partial charge is 0.351 e. The molecule has 10 heteroatoms. The van der Waals surface area contributed by atoms with Crippen LogP contribution in [-0.4, -0.2) is 36.0 Å². The summed E-state index contributed by atoms with van der Waals surface area (Å²) in [5.74, 6) is -0.307. The fourth-order valence-electron chi connectivity index (χ4n) is 2.91. The minimum Gasteiger partial charge on any atom is -0.351 e. The van der Waals surface area contributed by atoms with Crippen molar-refractivity contribution in [1.29, 1.82) is 0 Å². The zero-order valence-corrected chi connectivity index (χ0v) is 15.2. The van der Waals surface area contributed by atoms with Crippen LogP contribution in [0.4, 0.5) is 15.5 Å². The molecule has 142 valence electrons. The van der Waals surface area contributed by atoms with Gasteiger partial charge in [0.2, 0.25) is 0 Å². The predicted octanol–water partition coefficient (Wildman–Crippen LogP) is 2.30. The fraction of sp³-hybridized carbons (Fsp3) is 0.294. The average Bonchev–Trinajstić information content (AvgIpc) is 3.06. The highest BCUT2D eigenvalue weighted by molar-refractivity contribution is 7.20. The SMILES string of the molecule is NC(=O)Nc1sc(-c2cccc([N+](=O)[O-])c2)cc1C(=O)NC1CCNCC1. The van der Waals surface area contributed by atoms with Crippen LogP contribution in [0.1, 0.15) is 23.2 Å². The van der Waals surface area contributed by atoms with Crippen LogP contribution in [0.2, 0.25) is 0 Å². The van der Waals surface area contributed by atoms with Crippen molar-refractivity contribution in [3.8, 4) is 10.4 Å². The molecule has 0 unspecified atom stereocenters. The first kappa shape index (κ1) is 18.8. The van der Waals surface area contributed by atoms with E-state index in [-0.39, 0.29) is 17.6 Å². The van der Waals surface area contributed by atoms with Gasteiger partial charge in [-0.3, -0.25) is 20.2 Å². The van der Waals surface area contributed by atoms with Gasteiger partial charge in [0.25, 0.3) is 11.6 Å². The van der Waals surface area contributed by atoms with Crippen molar-refractivity contribution in [2.24, 2.45) is 5.73 Å². The molecular formula is C17H19N5O4S. The summed E-state index contributed by atoms with van der Waals surface area (Å²) in [6.45, 7) is 1.67. The Morgan fingerprint density at radius 1 is 1.26 bits per heavy atom. The molecule has 0 aliphatic carbocycles. The number of carbonyl (C=O) groups excluding carboxylic acids is 2. The third-order valence-electron chi connectivity index (χ3n) is 4.23. The third kappa shape index (κ3) is 4.60. The number of carbonyl (C=O) groups is 2. The maximum absolute atomic E-state index is 12.7. The minimum absolute atomic E-state index is 0.0500. The van der Waals surface area contributed by atoms with Gasteiger partial charge >= 0.3 is 6.03 Å². The molecule has 1 aromatic heterocycles. The van der Waals surface area contributed by atoms with E-state index in [1.165, 1.54) is 12.1 Å². The number of piperidine rings is 1. The van der Waals surface area contributed by atoms with Gasteiger partial charge in [0.15, 0.2) is 0 Å². The number of amides is 3. The zero-order valence-electron chi connectivity index (χ0n) is 14.4. The summed E-state index contributed by atoms with van der Waals surface area (Å²) in [5, 5.41) is 20.0. The summed E-state index contributed by atoms with van der Waals surface area (Å²) in [6.07, 6.45) is 1.65. The first-order chi connectivity index (χ1) is 12.9. The highest BCUT2D eigenvalue weighted by Crippen LogP contribution is 2.36. The van der Waals surface area contributed by atoms with Crippen LogP contribution in [0.25, 0.3) is 10.4 Å². The topological polar surface area (TPSA) is 139 Å². The van der Waals surface area contributed by atoms with E-state index in [1.807, 2.05) is 0 Å². The lowest BCUT2D eigenvalue weighted by Gasteiger charge is -2.23. The van der Waals surface area contributed by atoms with Crippen LogP contribution < -0.4 is 21.7 Å². The molecule has 1 aromatic carbocycles. The van der Waals surface area contributed by atoms with Gasteiger partial charge in [-0.15, -0.1) is 11.3 Å². The van der Waals surface area contributed by atoms with Crippen molar-refractivity contribution in [2.45, 2.75) is 18.9 Å². The molecule has 2 heterocycles. The van der Waals surface area contributed by atoms with Gasteiger partial charge in [-0.2, -0.15) is 0 Å². The van der Waals surface area contributed by atoms with Gasteiger partial charge in [0.1, 0.15) is 5.00 Å². The smallest absolute Gasteiger partial charge is 0.317 e. The normalized spacial score (nSPS) is 14.5. The molecule has 0 bridgehead atoms. The number of hydrogen-bond acceptors (Lipinski definition) is 6. The molecule has 5 N–H and O–H groups in total. The number of primary amides is 1. The van der Waals surface area contributed by atoms with Gasteiger partial charge < -0.3 is 16.4 Å². The van der Waals surface area contributed by atoms with Crippen molar-refractivity contribution < 1.29 is 14.5 Å². The van der Waals surface area contributed by atoms with Gasteiger partial charge in [0.05, 0.1) is 10.5 Å². The molecule has 0 spiro atoms. The van der Waals surface area contributed by atoms with E-state index in [4.69, 9.17) is 5.73 Å². The number of nitro benzene ring substituents is 1. The Balaban J connectivity index is 1.90. The second-order valence-electron chi connectivity index (χ2n) is 6.15. The van der Waals surface area contributed by atoms with Gasteiger partial charge in [-0.1, -0.05) is 12.1 Å². The monoisotopic (exact) mass is 389 g/mol. The van der Waals surface area contributed by atoms with Gasteiger partial charge in [-0.25, -0.2) is 4.79 Å². The van der Waals surface area contributed by atoms with E-state index in [9.17, 15) is 19.7 Å². The average molecular weight is 389 g/mol. The molecule has 1 aliphatic heterocycles. The summed E-state index contributed by atoms with van der Waals surface area (Å²) in [4.78, 5) is 35.2. The summed E-state index contributed by atoms with van der Waals surface area (Å²) in [6, 6.07) is 6.99. The number of nitrogens with two attached hydrogens (primary N) is 1. The van der Waals surface area contributed by atoms with Crippen LogP contribution in [0.5, 0.6) is 0 Å². The number of nitro groups is 1.